The molecule has 9 nitrogen and oxygen atoms in total. The van der Waals surface area contributed by atoms with E-state index in [-0.39, 0.29) is 17.5 Å². The first kappa shape index (κ1) is 19.2. The van der Waals surface area contributed by atoms with Crippen molar-refractivity contribution in [3.63, 3.8) is 0 Å². The Morgan fingerprint density at radius 3 is 2.77 bits per heavy atom. The lowest BCUT2D eigenvalue weighted by Gasteiger charge is -2.06. The number of benzene rings is 1. The van der Waals surface area contributed by atoms with Gasteiger partial charge in [-0.1, -0.05) is 12.1 Å². The van der Waals surface area contributed by atoms with Crippen molar-refractivity contribution in [2.75, 3.05) is 19.4 Å². The van der Waals surface area contributed by atoms with Gasteiger partial charge in [0.25, 0.3) is 5.91 Å². The highest BCUT2D eigenvalue weighted by Gasteiger charge is 2.20. The van der Waals surface area contributed by atoms with E-state index in [0.29, 0.717) is 35.6 Å². The fraction of sp³-hybridized carbons (Fsp3) is 0.143. The second kappa shape index (κ2) is 8.08. The molecule has 1 aromatic carbocycles. The molecule has 4 aromatic rings. The van der Waals surface area contributed by atoms with Crippen LogP contribution in [-0.2, 0) is 6.42 Å². The minimum atomic E-state index is -0.278. The Morgan fingerprint density at radius 1 is 1.20 bits per heavy atom. The summed E-state index contributed by atoms with van der Waals surface area (Å²) in [5.41, 5.74) is 9.33. The first-order valence-corrected chi connectivity index (χ1v) is 9.25. The maximum absolute atomic E-state index is 12.9. The van der Waals surface area contributed by atoms with Crippen LogP contribution in [0.2, 0.25) is 0 Å². The molecule has 0 aliphatic heterocycles. The molecule has 3 aromatic heterocycles. The first-order chi connectivity index (χ1) is 14.6. The lowest BCUT2D eigenvalue weighted by atomic mass is 10.1. The van der Waals surface area contributed by atoms with Crippen molar-refractivity contribution in [3.8, 4) is 22.9 Å². The van der Waals surface area contributed by atoms with Crippen molar-refractivity contribution in [2.24, 2.45) is 0 Å². The molecule has 0 bridgehead atoms. The third kappa shape index (κ3) is 3.72. The molecule has 0 fully saturated rings. The Bertz CT molecular complexity index is 1200. The summed E-state index contributed by atoms with van der Waals surface area (Å²) in [6.45, 7) is 0.424. The summed E-state index contributed by atoms with van der Waals surface area (Å²) < 4.78 is 6.79. The van der Waals surface area contributed by atoms with Crippen molar-refractivity contribution >= 4 is 17.2 Å². The lowest BCUT2D eigenvalue weighted by Crippen LogP contribution is -2.25. The smallest absolute Gasteiger partial charge is 0.253 e. The fourth-order valence-electron chi connectivity index (χ4n) is 3.21. The van der Waals surface area contributed by atoms with E-state index in [9.17, 15) is 9.90 Å². The molecule has 0 radical (unpaired) electrons. The van der Waals surface area contributed by atoms with Gasteiger partial charge in [-0.3, -0.25) is 4.79 Å². The molecule has 9 heteroatoms. The van der Waals surface area contributed by atoms with Gasteiger partial charge in [0, 0.05) is 24.4 Å². The molecule has 152 valence electrons. The van der Waals surface area contributed by atoms with E-state index in [4.69, 9.17) is 10.5 Å². The number of pyridine rings is 1. The molecule has 0 spiro atoms. The Labute approximate surface area is 172 Å². The predicted octanol–water partition coefficient (Wildman–Crippen LogP) is 2.06. The average Bonchev–Trinajstić information content (AvgIpc) is 3.16. The van der Waals surface area contributed by atoms with E-state index in [1.165, 1.54) is 13.4 Å². The molecule has 0 unspecified atom stereocenters. The number of fused-ring (bicyclic) bond motifs is 1. The number of hydrogen-bond acceptors (Lipinski definition) is 7. The first-order valence-electron chi connectivity index (χ1n) is 9.25. The Hall–Kier alpha value is -4.14. The summed E-state index contributed by atoms with van der Waals surface area (Å²) in [7, 11) is 1.54. The highest BCUT2D eigenvalue weighted by atomic mass is 16.5. The Morgan fingerprint density at radius 2 is 2.00 bits per heavy atom. The predicted molar refractivity (Wildman–Crippen MR) is 111 cm³/mol. The Kier molecular flexibility index (Phi) is 5.17. The van der Waals surface area contributed by atoms with Gasteiger partial charge < -0.3 is 20.9 Å². The summed E-state index contributed by atoms with van der Waals surface area (Å²) in [6, 6.07) is 12.1. The monoisotopic (exact) mass is 404 g/mol. The van der Waals surface area contributed by atoms with Crippen LogP contribution in [0, 0.1) is 0 Å². The molecular formula is C21H20N6O3. The van der Waals surface area contributed by atoms with E-state index in [2.05, 4.69) is 20.4 Å². The molecule has 0 saturated carbocycles. The number of carbonyl (C=O) groups is 1. The summed E-state index contributed by atoms with van der Waals surface area (Å²) in [5.74, 6) is 0.587. The van der Waals surface area contributed by atoms with Gasteiger partial charge in [0.2, 0.25) is 5.88 Å². The second-order valence-electron chi connectivity index (χ2n) is 6.61. The number of aromatic hydroxyl groups is 1. The molecule has 4 N–H and O–H groups in total. The number of anilines is 1. The van der Waals surface area contributed by atoms with Crippen LogP contribution in [0.25, 0.3) is 16.8 Å². The molecule has 3 heterocycles. The minimum Gasteiger partial charge on any atom is -0.508 e. The van der Waals surface area contributed by atoms with Gasteiger partial charge in [0.15, 0.2) is 5.82 Å². The number of nitrogens with two attached hydrogens (primary N) is 1. The number of carbonyl (C=O) groups excluding carboxylic acids is 1. The number of methoxy groups -OCH3 is 1. The summed E-state index contributed by atoms with van der Waals surface area (Å²) in [4.78, 5) is 21.1. The van der Waals surface area contributed by atoms with Crippen LogP contribution < -0.4 is 15.8 Å². The van der Waals surface area contributed by atoms with Crippen molar-refractivity contribution in [2.45, 2.75) is 6.42 Å². The van der Waals surface area contributed by atoms with Gasteiger partial charge in [0.1, 0.15) is 17.6 Å². The highest BCUT2D eigenvalue weighted by Crippen LogP contribution is 2.29. The summed E-state index contributed by atoms with van der Waals surface area (Å²) in [5, 5.41) is 16.5. The maximum atomic E-state index is 12.9. The van der Waals surface area contributed by atoms with E-state index < -0.39 is 0 Å². The lowest BCUT2D eigenvalue weighted by molar-refractivity contribution is 0.0956. The second-order valence-corrected chi connectivity index (χ2v) is 6.61. The normalized spacial score (nSPS) is 10.8. The molecule has 0 aliphatic rings. The highest BCUT2D eigenvalue weighted by molar-refractivity contribution is 6.05. The third-order valence-electron chi connectivity index (χ3n) is 4.70. The number of nitrogens with zero attached hydrogens (tertiary/aromatic N) is 4. The average molecular weight is 404 g/mol. The van der Waals surface area contributed by atoms with E-state index >= 15 is 0 Å². The topological polar surface area (TPSA) is 128 Å². The number of rotatable bonds is 6. The SMILES string of the molecule is COc1cc(-c2cc(C(=O)NCCc3ccc(O)cc3)c3c(N)ncnn23)ccn1. The number of ether oxygens (including phenoxy) is 1. The largest absolute Gasteiger partial charge is 0.508 e. The van der Waals surface area contributed by atoms with Crippen molar-refractivity contribution in [1.82, 2.24) is 24.9 Å². The number of aromatic nitrogens is 4. The van der Waals surface area contributed by atoms with E-state index in [0.717, 1.165) is 11.1 Å². The van der Waals surface area contributed by atoms with Gasteiger partial charge in [-0.2, -0.15) is 5.10 Å². The molecule has 0 saturated heterocycles. The number of hydrogen-bond donors (Lipinski definition) is 3. The van der Waals surface area contributed by atoms with Crippen LogP contribution in [-0.4, -0.2) is 44.3 Å². The molecule has 0 aliphatic carbocycles. The van der Waals surface area contributed by atoms with Crippen LogP contribution in [0.15, 0.2) is 55.0 Å². The van der Waals surface area contributed by atoms with Gasteiger partial charge >= 0.3 is 0 Å². The molecular weight excluding hydrogens is 384 g/mol. The molecule has 30 heavy (non-hydrogen) atoms. The minimum absolute atomic E-state index is 0.207. The maximum Gasteiger partial charge on any atom is 0.253 e. The summed E-state index contributed by atoms with van der Waals surface area (Å²) >= 11 is 0. The molecule has 4 rings (SSSR count). The van der Waals surface area contributed by atoms with Crippen LogP contribution in [0.3, 0.4) is 0 Å². The van der Waals surface area contributed by atoms with Crippen LogP contribution >= 0.6 is 0 Å². The van der Waals surface area contributed by atoms with E-state index in [1.807, 2.05) is 12.1 Å². The van der Waals surface area contributed by atoms with Gasteiger partial charge in [-0.15, -0.1) is 0 Å². The number of amides is 1. The fourth-order valence-corrected chi connectivity index (χ4v) is 3.21. The van der Waals surface area contributed by atoms with Crippen molar-refractivity contribution in [3.05, 3.63) is 66.1 Å². The summed E-state index contributed by atoms with van der Waals surface area (Å²) in [6.07, 6.45) is 3.59. The zero-order valence-corrected chi connectivity index (χ0v) is 16.2. The van der Waals surface area contributed by atoms with Crippen LogP contribution in [0.4, 0.5) is 5.82 Å². The van der Waals surface area contributed by atoms with Crippen molar-refractivity contribution in [1.29, 1.82) is 0 Å². The van der Waals surface area contributed by atoms with Gasteiger partial charge in [-0.25, -0.2) is 14.5 Å². The zero-order valence-electron chi connectivity index (χ0n) is 16.2. The number of phenols is 1. The number of phenolic OH excluding ortho intramolecular Hbond substituents is 1. The molecule has 0 atom stereocenters. The standard InChI is InChI=1S/C21H20N6O3/c1-30-18-10-14(7-9-23-18)17-11-16(19-20(22)25-12-26-27(17)19)21(29)24-8-6-13-2-4-15(28)5-3-13/h2-5,7,9-12,28H,6,8H2,1H3,(H,24,29)(H2,22,25,26). The Balaban J connectivity index is 1.63. The van der Waals surface area contributed by atoms with Gasteiger partial charge in [0.05, 0.1) is 18.4 Å². The van der Waals surface area contributed by atoms with Crippen LogP contribution in [0.5, 0.6) is 11.6 Å². The van der Waals surface area contributed by atoms with Crippen LogP contribution in [0.1, 0.15) is 15.9 Å². The quantitative estimate of drug-likeness (QED) is 0.449. The zero-order chi connectivity index (χ0) is 21.1. The number of nitrogen functional groups attached to an aromatic ring is 1. The molecule has 1 amide bonds. The van der Waals surface area contributed by atoms with Crippen molar-refractivity contribution < 1.29 is 14.6 Å². The number of nitrogens with one attached hydrogen (secondary N) is 1. The van der Waals surface area contributed by atoms with Gasteiger partial charge in [-0.05, 0) is 36.2 Å². The third-order valence-corrected chi connectivity index (χ3v) is 4.70. The van der Waals surface area contributed by atoms with E-state index in [1.54, 1.807) is 41.0 Å².